The largest absolute Gasteiger partial charge is 0.295 e. The highest BCUT2D eigenvalue weighted by Crippen LogP contribution is 2.47. The lowest BCUT2D eigenvalue weighted by atomic mass is 9.80. The second-order valence-electron chi connectivity index (χ2n) is 13.8. The molecule has 280 valence electrons. The van der Waals surface area contributed by atoms with Gasteiger partial charge in [-0.2, -0.15) is 42.8 Å². The Morgan fingerprint density at radius 1 is 0.500 bits per heavy atom. The molecule has 4 N–H and O–H groups in total. The van der Waals surface area contributed by atoms with Crippen LogP contribution in [0.5, 0.6) is 0 Å². The average Bonchev–Trinajstić information content (AvgIpc) is 3.34. The monoisotopic (exact) mass is 796 g/mol. The van der Waals surface area contributed by atoms with E-state index in [4.69, 9.17) is 0 Å². The lowest BCUT2D eigenvalue weighted by molar-refractivity contribution is -0.434. The van der Waals surface area contributed by atoms with Gasteiger partial charge in [-0.05, 0) is 82.6 Å². The summed E-state index contributed by atoms with van der Waals surface area (Å²) in [6, 6.07) is 10.5. The van der Waals surface area contributed by atoms with E-state index in [-0.39, 0.29) is 15.7 Å². The third-order valence-corrected chi connectivity index (χ3v) is 13.8. The van der Waals surface area contributed by atoms with Crippen LogP contribution in [0.4, 0.5) is 11.4 Å². The van der Waals surface area contributed by atoms with E-state index in [1.165, 1.54) is 24.3 Å². The van der Waals surface area contributed by atoms with E-state index in [2.05, 4.69) is 4.58 Å². The standard InChI is InChI=1S/2C17H19NO6S2/c1-5-18-10(2)17(3,4)16-13-8-11(25(19,20)21)9-15(26(22,23)24)12(13)6-7-14(16)18;1-5-18-10(2)17(3,4)16-12-7-6-11(25(19,20)21)8-13(12)15(9-14(16)18)26(22,23)24/h2*6-9H,5H2,1-4H3,(H-,19,20,21,22,23,24)/p+2. The van der Waals surface area contributed by atoms with Crippen LogP contribution in [0.2, 0.25) is 0 Å². The lowest BCUT2D eigenvalue weighted by Crippen LogP contribution is -2.26. The molecule has 0 aliphatic carbocycles. The molecule has 18 heteroatoms. The summed E-state index contributed by atoms with van der Waals surface area (Å²) < 4.78 is 136. The molecule has 0 aromatic heterocycles. The predicted molar refractivity (Wildman–Crippen MR) is 195 cm³/mol. The Labute approximate surface area is 303 Å². The summed E-state index contributed by atoms with van der Waals surface area (Å²) in [4.78, 5) is -1.94. The highest BCUT2D eigenvalue weighted by Gasteiger charge is 2.46. The summed E-state index contributed by atoms with van der Waals surface area (Å²) in [6.07, 6.45) is 0. The van der Waals surface area contributed by atoms with Crippen molar-refractivity contribution in [1.82, 2.24) is 0 Å². The summed E-state index contributed by atoms with van der Waals surface area (Å²) in [5.74, 6) is 0. The Kier molecular flexibility index (Phi) is 9.50. The first kappa shape index (κ1) is 39.6. The molecule has 0 saturated heterocycles. The van der Waals surface area contributed by atoms with Gasteiger partial charge < -0.3 is 0 Å². The minimum Gasteiger partial charge on any atom is -0.282 e. The first-order chi connectivity index (χ1) is 23.6. The SMILES string of the molecule is CC[N+]1=C(C)C(C)(C)c2c1cc(S(=O)(=O)O)c1cc(S(=O)(=O)O)ccc21.CC[N+]1=C(C)C(C)(C)c2c1ccc1c(S(=O)(=O)O)cc(S(=O)(=O)O)cc21. The van der Waals surface area contributed by atoms with Crippen LogP contribution in [0, 0.1) is 0 Å². The highest BCUT2D eigenvalue weighted by molar-refractivity contribution is 7.87. The summed E-state index contributed by atoms with van der Waals surface area (Å²) in [7, 11) is -18.5. The van der Waals surface area contributed by atoms with E-state index in [9.17, 15) is 51.9 Å². The number of hydrogen-bond donors (Lipinski definition) is 4. The molecule has 0 spiro atoms. The van der Waals surface area contributed by atoms with Crippen LogP contribution in [0.15, 0.2) is 68.1 Å². The van der Waals surface area contributed by atoms with Crippen molar-refractivity contribution in [3.05, 3.63) is 59.7 Å². The van der Waals surface area contributed by atoms with Gasteiger partial charge in [0.1, 0.15) is 22.9 Å². The van der Waals surface area contributed by atoms with Gasteiger partial charge in [0.05, 0.1) is 20.6 Å². The van der Waals surface area contributed by atoms with Crippen LogP contribution in [-0.4, -0.2) is 85.5 Å². The van der Waals surface area contributed by atoms with Crippen LogP contribution in [0.25, 0.3) is 21.5 Å². The summed E-state index contributed by atoms with van der Waals surface area (Å²) in [5.41, 5.74) is 4.26. The van der Waals surface area contributed by atoms with Crippen molar-refractivity contribution in [1.29, 1.82) is 0 Å². The van der Waals surface area contributed by atoms with E-state index < -0.39 is 66.0 Å². The zero-order valence-electron chi connectivity index (χ0n) is 29.6. The molecule has 0 amide bonds. The molecule has 0 saturated carbocycles. The highest BCUT2D eigenvalue weighted by atomic mass is 32.2. The van der Waals surface area contributed by atoms with Crippen molar-refractivity contribution in [2.24, 2.45) is 0 Å². The first-order valence-electron chi connectivity index (χ1n) is 16.0. The predicted octanol–water partition coefficient (Wildman–Crippen LogP) is 5.50. The molecule has 14 nitrogen and oxygen atoms in total. The summed E-state index contributed by atoms with van der Waals surface area (Å²) >= 11 is 0. The van der Waals surface area contributed by atoms with Gasteiger partial charge in [-0.25, -0.2) is 0 Å². The second-order valence-corrected chi connectivity index (χ2v) is 19.4. The van der Waals surface area contributed by atoms with E-state index >= 15 is 0 Å². The van der Waals surface area contributed by atoms with Gasteiger partial charge in [0, 0.05) is 47.9 Å². The Morgan fingerprint density at radius 2 is 0.923 bits per heavy atom. The molecule has 6 rings (SSSR count). The quantitative estimate of drug-likeness (QED) is 0.140. The normalized spacial score (nSPS) is 17.0. The van der Waals surface area contributed by atoms with Crippen molar-refractivity contribution in [2.75, 3.05) is 13.1 Å². The van der Waals surface area contributed by atoms with Crippen LogP contribution >= 0.6 is 0 Å². The molecular weight excluding hydrogens is 757 g/mol. The smallest absolute Gasteiger partial charge is 0.282 e. The van der Waals surface area contributed by atoms with Gasteiger partial charge in [0.25, 0.3) is 40.5 Å². The van der Waals surface area contributed by atoms with Gasteiger partial charge in [-0.1, -0.05) is 6.07 Å². The molecule has 4 aromatic carbocycles. The van der Waals surface area contributed by atoms with Crippen LogP contribution in [-0.2, 0) is 51.3 Å². The number of nitrogens with zero attached hydrogens (tertiary/aromatic N) is 2. The van der Waals surface area contributed by atoms with Crippen molar-refractivity contribution >= 4 is 84.8 Å². The van der Waals surface area contributed by atoms with Gasteiger partial charge in [0.2, 0.25) is 11.4 Å². The minimum absolute atomic E-state index is 0.0557. The fraction of sp³-hybridized carbons (Fsp3) is 0.353. The molecule has 0 fully saturated rings. The van der Waals surface area contributed by atoms with Crippen molar-refractivity contribution in [3.63, 3.8) is 0 Å². The first-order valence-corrected chi connectivity index (χ1v) is 21.7. The number of hydrogen-bond acceptors (Lipinski definition) is 8. The van der Waals surface area contributed by atoms with Crippen molar-refractivity contribution < 1.29 is 61.0 Å². The van der Waals surface area contributed by atoms with Crippen molar-refractivity contribution in [3.8, 4) is 0 Å². The average molecular weight is 797 g/mol. The Hall–Kier alpha value is -3.62. The van der Waals surface area contributed by atoms with Gasteiger partial charge >= 0.3 is 0 Å². The molecule has 0 unspecified atom stereocenters. The molecule has 4 aromatic rings. The van der Waals surface area contributed by atoms with Gasteiger partial charge in [-0.3, -0.25) is 18.2 Å². The number of fused-ring (bicyclic) bond motifs is 6. The minimum atomic E-state index is -4.70. The Morgan fingerprint density at radius 3 is 1.38 bits per heavy atom. The Bertz CT molecular complexity index is 2770. The fourth-order valence-electron chi connectivity index (χ4n) is 7.42. The molecule has 2 aliphatic rings. The zero-order chi connectivity index (χ0) is 39.3. The van der Waals surface area contributed by atoms with Crippen LogP contribution in [0.3, 0.4) is 0 Å². The summed E-state index contributed by atoms with van der Waals surface area (Å²) in [5, 5.41) is 1.14. The maximum absolute atomic E-state index is 12.0. The van der Waals surface area contributed by atoms with Crippen LogP contribution in [0.1, 0.15) is 66.5 Å². The molecule has 2 heterocycles. The van der Waals surface area contributed by atoms with Crippen LogP contribution < -0.4 is 0 Å². The molecule has 0 atom stereocenters. The lowest BCUT2D eigenvalue weighted by Gasteiger charge is -2.18. The van der Waals surface area contributed by atoms with E-state index in [0.29, 0.717) is 29.5 Å². The van der Waals surface area contributed by atoms with E-state index in [1.807, 2.05) is 60.0 Å². The number of benzene rings is 4. The van der Waals surface area contributed by atoms with E-state index in [1.54, 1.807) is 12.1 Å². The zero-order valence-corrected chi connectivity index (χ0v) is 32.9. The number of rotatable bonds is 6. The third kappa shape index (κ3) is 6.38. The topological polar surface area (TPSA) is 223 Å². The molecule has 2 aliphatic heterocycles. The third-order valence-electron chi connectivity index (χ3n) is 10.3. The molecule has 52 heavy (non-hydrogen) atoms. The van der Waals surface area contributed by atoms with E-state index in [0.717, 1.165) is 40.4 Å². The molecule has 0 bridgehead atoms. The van der Waals surface area contributed by atoms with Crippen molar-refractivity contribution in [2.45, 2.75) is 85.8 Å². The van der Waals surface area contributed by atoms with Gasteiger partial charge in [-0.15, -0.1) is 0 Å². The van der Waals surface area contributed by atoms with Gasteiger partial charge in [0.15, 0.2) is 11.4 Å². The maximum Gasteiger partial charge on any atom is 0.295 e. The second kappa shape index (κ2) is 12.5. The fourth-order valence-corrected chi connectivity index (χ4v) is 9.98. The summed E-state index contributed by atoms with van der Waals surface area (Å²) in [6.45, 7) is 17.1. The molecular formula is C34H40N2O12S4+2. The maximum atomic E-state index is 12.0. The Balaban J connectivity index is 0.000000201. The molecule has 0 radical (unpaired) electrons.